The predicted octanol–water partition coefficient (Wildman–Crippen LogP) is 22.7. The molecule has 454 valence electrons. The summed E-state index contributed by atoms with van der Waals surface area (Å²) in [6, 6.07) is 0. The summed E-state index contributed by atoms with van der Waals surface area (Å²) in [4.78, 5) is 38.3. The maximum Gasteiger partial charge on any atom is 0.306 e. The first kappa shape index (κ1) is 75.8. The topological polar surface area (TPSA) is 78.9 Å². The van der Waals surface area contributed by atoms with Crippen molar-refractivity contribution in [2.24, 2.45) is 0 Å². The van der Waals surface area contributed by atoms with Crippen LogP contribution in [0, 0.1) is 0 Å². The highest BCUT2D eigenvalue weighted by molar-refractivity contribution is 5.71. The molecule has 0 aromatic carbocycles. The maximum atomic E-state index is 12.9. The number of carbonyl (C=O) groups is 3. The first-order valence-electron chi connectivity index (χ1n) is 32.6. The van der Waals surface area contributed by atoms with Gasteiger partial charge in [0.15, 0.2) is 6.10 Å². The fourth-order valence-electron chi connectivity index (χ4n) is 8.37. The first-order chi connectivity index (χ1) is 40.0. The van der Waals surface area contributed by atoms with Crippen LogP contribution in [0.2, 0.25) is 0 Å². The Kier molecular flexibility index (Phi) is 62.9. The summed E-state index contributed by atoms with van der Waals surface area (Å²) in [6.07, 6.45) is 99.3. The molecule has 0 amide bonds. The summed E-state index contributed by atoms with van der Waals surface area (Å²) in [5.41, 5.74) is 0. The van der Waals surface area contributed by atoms with Gasteiger partial charge in [-0.2, -0.15) is 0 Å². The molecule has 81 heavy (non-hydrogen) atoms. The number of carbonyl (C=O) groups excluding carboxylic acids is 3. The zero-order valence-corrected chi connectivity index (χ0v) is 52.0. The van der Waals surface area contributed by atoms with Crippen LogP contribution in [-0.2, 0) is 28.6 Å². The molecule has 6 heteroatoms. The summed E-state index contributed by atoms with van der Waals surface area (Å²) < 4.78 is 16.9. The van der Waals surface area contributed by atoms with Gasteiger partial charge in [0.2, 0.25) is 0 Å². The fraction of sp³-hybridized carbons (Fsp3) is 0.587. The van der Waals surface area contributed by atoms with Crippen molar-refractivity contribution in [2.45, 2.75) is 271 Å². The van der Waals surface area contributed by atoms with E-state index in [0.29, 0.717) is 12.8 Å². The molecule has 0 aliphatic heterocycles. The normalized spacial score (nSPS) is 13.3. The largest absolute Gasteiger partial charge is 0.462 e. The van der Waals surface area contributed by atoms with Crippen LogP contribution >= 0.6 is 0 Å². The molecule has 0 bridgehead atoms. The second-order valence-corrected chi connectivity index (χ2v) is 20.9. The Bertz CT molecular complexity index is 1860. The van der Waals surface area contributed by atoms with Crippen LogP contribution in [0.5, 0.6) is 0 Å². The molecule has 0 heterocycles. The van der Waals surface area contributed by atoms with E-state index >= 15 is 0 Å². The average molecular weight is 1120 g/mol. The van der Waals surface area contributed by atoms with Gasteiger partial charge in [0.05, 0.1) is 0 Å². The Labute approximate surface area is 498 Å². The van der Waals surface area contributed by atoms with Gasteiger partial charge in [-0.05, 0) is 148 Å². The van der Waals surface area contributed by atoms with Gasteiger partial charge in [-0.1, -0.05) is 268 Å². The van der Waals surface area contributed by atoms with Crippen molar-refractivity contribution in [3.8, 4) is 0 Å². The van der Waals surface area contributed by atoms with Crippen LogP contribution in [0.4, 0.5) is 0 Å². The minimum atomic E-state index is -0.827. The van der Waals surface area contributed by atoms with Gasteiger partial charge in [0.25, 0.3) is 0 Å². The van der Waals surface area contributed by atoms with Crippen molar-refractivity contribution in [1.29, 1.82) is 0 Å². The maximum absolute atomic E-state index is 12.9. The van der Waals surface area contributed by atoms with Crippen LogP contribution in [0.1, 0.15) is 265 Å². The molecular formula is C75H118O6. The van der Waals surface area contributed by atoms with Gasteiger partial charge in [0, 0.05) is 19.3 Å². The molecule has 0 spiro atoms. The quantitative estimate of drug-likeness (QED) is 0.0261. The monoisotopic (exact) mass is 1110 g/mol. The molecule has 6 nitrogen and oxygen atoms in total. The van der Waals surface area contributed by atoms with Crippen LogP contribution < -0.4 is 0 Å². The van der Waals surface area contributed by atoms with Crippen molar-refractivity contribution in [3.63, 3.8) is 0 Å². The highest BCUT2D eigenvalue weighted by Crippen LogP contribution is 2.14. The number of allylic oxidation sites excluding steroid dienone is 28. The molecule has 0 aromatic heterocycles. The SMILES string of the molecule is CC/C=C\C/C=C\C/C=C\C/C=C\C/C=C\C/C=C\C/C=C\C/C=C\C/C=C\CCCC(=O)OCC(COC(=O)CCCCCCCCC/C=C\CCCCCCCC)OC(=O)CCCCCC/C=C\C/C=C\C/C=C\C/C=C\CC. The Hall–Kier alpha value is -5.23. The molecule has 0 aromatic rings. The van der Waals surface area contributed by atoms with Gasteiger partial charge < -0.3 is 14.2 Å². The molecule has 0 aliphatic carbocycles. The van der Waals surface area contributed by atoms with Gasteiger partial charge in [0.1, 0.15) is 13.2 Å². The van der Waals surface area contributed by atoms with E-state index in [1.807, 2.05) is 0 Å². The molecule has 1 unspecified atom stereocenters. The summed E-state index contributed by atoms with van der Waals surface area (Å²) in [6.45, 7) is 6.33. The molecule has 0 saturated carbocycles. The Morgan fingerprint density at radius 2 is 0.494 bits per heavy atom. The van der Waals surface area contributed by atoms with E-state index in [-0.39, 0.29) is 44.0 Å². The van der Waals surface area contributed by atoms with E-state index in [0.717, 1.165) is 141 Å². The second kappa shape index (κ2) is 67.3. The number of esters is 3. The average Bonchev–Trinajstić information content (AvgIpc) is 3.47. The minimum absolute atomic E-state index is 0.115. The van der Waals surface area contributed by atoms with Gasteiger partial charge in [-0.25, -0.2) is 0 Å². The molecule has 0 aliphatic rings. The Morgan fingerprint density at radius 3 is 0.815 bits per heavy atom. The van der Waals surface area contributed by atoms with E-state index < -0.39 is 6.10 Å². The van der Waals surface area contributed by atoms with Crippen LogP contribution in [-0.4, -0.2) is 37.2 Å². The number of rotatable bonds is 57. The van der Waals surface area contributed by atoms with Crippen LogP contribution in [0.25, 0.3) is 0 Å². The molecule has 1 atom stereocenters. The van der Waals surface area contributed by atoms with E-state index in [2.05, 4.69) is 191 Å². The molecule has 0 rings (SSSR count). The fourth-order valence-corrected chi connectivity index (χ4v) is 8.37. The molecular weight excluding hydrogens is 997 g/mol. The van der Waals surface area contributed by atoms with Gasteiger partial charge in [-0.15, -0.1) is 0 Å². The lowest BCUT2D eigenvalue weighted by atomic mass is 10.1. The highest BCUT2D eigenvalue weighted by Gasteiger charge is 2.19. The van der Waals surface area contributed by atoms with E-state index in [9.17, 15) is 14.4 Å². The van der Waals surface area contributed by atoms with Crippen molar-refractivity contribution < 1.29 is 28.6 Å². The standard InChI is InChI=1S/C75H118O6/c1-4-7-10-13-16-19-22-25-28-31-32-33-34-35-36-37-38-39-40-41-42-45-47-50-53-56-59-62-65-68-74(77)80-71-72(81-75(78)69-66-63-60-57-54-51-48-44-30-27-24-21-18-15-12-9-6-3)70-79-73(76)67-64-61-58-55-52-49-46-43-29-26-23-20-17-14-11-8-5-2/h7,9-10,12,16,18-19,21,25-30,32-33,35-36,38-39,41-42,47-48,50-51,56,59,72H,4-6,8,11,13-15,17,20,22-24,31,34,37,40,43-46,49,52-55,57-58,60-71H2,1-3H3/b10-7-,12-9-,19-16-,21-18-,28-25-,29-26-,30-27-,33-32-,36-35-,39-38-,42-41-,50-47-,51-48-,59-56-. The number of hydrogen-bond acceptors (Lipinski definition) is 6. The molecule has 0 radical (unpaired) electrons. The highest BCUT2D eigenvalue weighted by atomic mass is 16.6. The zero-order valence-electron chi connectivity index (χ0n) is 52.0. The smallest absolute Gasteiger partial charge is 0.306 e. The van der Waals surface area contributed by atoms with Crippen molar-refractivity contribution in [2.75, 3.05) is 13.2 Å². The number of hydrogen-bond donors (Lipinski definition) is 0. The van der Waals surface area contributed by atoms with Crippen molar-refractivity contribution in [3.05, 3.63) is 170 Å². The minimum Gasteiger partial charge on any atom is -0.462 e. The molecule has 0 fully saturated rings. The van der Waals surface area contributed by atoms with Crippen molar-refractivity contribution in [1.82, 2.24) is 0 Å². The Morgan fingerprint density at radius 1 is 0.259 bits per heavy atom. The van der Waals surface area contributed by atoms with Crippen LogP contribution in [0.15, 0.2) is 170 Å². The third-order valence-corrected chi connectivity index (χ3v) is 13.2. The third-order valence-electron chi connectivity index (χ3n) is 13.2. The van der Waals surface area contributed by atoms with Gasteiger partial charge in [-0.3, -0.25) is 14.4 Å². The molecule has 0 N–H and O–H groups in total. The summed E-state index contributed by atoms with van der Waals surface area (Å²) in [5.74, 6) is -1.01. The lowest BCUT2D eigenvalue weighted by Crippen LogP contribution is -2.30. The van der Waals surface area contributed by atoms with Crippen molar-refractivity contribution >= 4 is 17.9 Å². The number of unbranched alkanes of at least 4 members (excludes halogenated alkanes) is 18. The third kappa shape index (κ3) is 65.5. The van der Waals surface area contributed by atoms with E-state index in [1.165, 1.54) is 77.0 Å². The summed E-state index contributed by atoms with van der Waals surface area (Å²) >= 11 is 0. The van der Waals surface area contributed by atoms with Gasteiger partial charge >= 0.3 is 17.9 Å². The lowest BCUT2D eigenvalue weighted by molar-refractivity contribution is -0.167. The van der Waals surface area contributed by atoms with E-state index in [4.69, 9.17) is 14.2 Å². The van der Waals surface area contributed by atoms with E-state index in [1.54, 1.807) is 0 Å². The van der Waals surface area contributed by atoms with Crippen LogP contribution in [0.3, 0.4) is 0 Å². The number of ether oxygens (including phenoxy) is 3. The zero-order chi connectivity index (χ0) is 58.5. The molecule has 0 saturated heterocycles. The lowest BCUT2D eigenvalue weighted by Gasteiger charge is -2.18. The summed E-state index contributed by atoms with van der Waals surface area (Å²) in [5, 5.41) is 0. The Balaban J connectivity index is 4.52. The predicted molar refractivity (Wildman–Crippen MR) is 352 cm³/mol. The second-order valence-electron chi connectivity index (χ2n) is 20.9. The first-order valence-corrected chi connectivity index (χ1v) is 32.6. The summed E-state index contributed by atoms with van der Waals surface area (Å²) in [7, 11) is 0.